The van der Waals surface area contributed by atoms with Gasteiger partial charge in [-0.2, -0.15) is 13.2 Å². The second-order valence-corrected chi connectivity index (χ2v) is 10.2. The molecule has 0 aliphatic carbocycles. The number of hydrogen-bond acceptors (Lipinski definition) is 4. The summed E-state index contributed by atoms with van der Waals surface area (Å²) in [6.07, 6.45) is -1.51. The number of alkyl halides is 3. The minimum atomic E-state index is -4.76. The number of nitrogens with zero attached hydrogens (tertiary/aromatic N) is 1. The average Bonchev–Trinajstić information content (AvgIpc) is 3.14. The molecular weight excluding hydrogens is 479 g/mol. The molecule has 2 amide bonds. The molecule has 0 fully saturated rings. The van der Waals surface area contributed by atoms with Crippen LogP contribution in [0.3, 0.4) is 0 Å². The summed E-state index contributed by atoms with van der Waals surface area (Å²) in [6, 6.07) is 7.48. The van der Waals surface area contributed by atoms with E-state index in [-0.39, 0.29) is 21.9 Å². The summed E-state index contributed by atoms with van der Waals surface area (Å²) in [5.41, 5.74) is 2.81. The van der Waals surface area contributed by atoms with Gasteiger partial charge in [0, 0.05) is 18.8 Å². The summed E-state index contributed by atoms with van der Waals surface area (Å²) >= 11 is 0. The molecule has 1 unspecified atom stereocenters. The number of amides is 2. The predicted octanol–water partition coefficient (Wildman–Crippen LogP) is 4.96. The van der Waals surface area contributed by atoms with E-state index in [1.165, 1.54) is 29.8 Å². The Bertz CT molecular complexity index is 1250. The van der Waals surface area contributed by atoms with Gasteiger partial charge in [0.25, 0.3) is 0 Å². The van der Waals surface area contributed by atoms with Crippen LogP contribution in [-0.2, 0) is 28.7 Å². The van der Waals surface area contributed by atoms with Gasteiger partial charge in [-0.1, -0.05) is 49.6 Å². The van der Waals surface area contributed by atoms with Crippen LogP contribution in [-0.4, -0.2) is 38.6 Å². The van der Waals surface area contributed by atoms with E-state index in [1.54, 1.807) is 6.07 Å². The smallest absolute Gasteiger partial charge is 0.322 e. The highest BCUT2D eigenvalue weighted by molar-refractivity contribution is 7.90. The van der Waals surface area contributed by atoms with Gasteiger partial charge in [0.05, 0.1) is 10.6 Å². The second kappa shape index (κ2) is 10.5. The quantitative estimate of drug-likeness (QED) is 0.498. The maximum Gasteiger partial charge on any atom is 0.412 e. The molecule has 1 aliphatic heterocycles. The number of nitrogens with one attached hydrogen (secondary N) is 2. The number of sulfone groups is 1. The van der Waals surface area contributed by atoms with E-state index in [9.17, 15) is 26.4 Å². The molecule has 186 valence electrons. The normalized spacial score (nSPS) is 15.3. The Morgan fingerprint density at radius 3 is 2.37 bits per heavy atom. The summed E-state index contributed by atoms with van der Waals surface area (Å²) in [5.74, 6) is -0.190. The molecule has 0 aromatic heterocycles. The van der Waals surface area contributed by atoms with Gasteiger partial charge in [0.1, 0.15) is 0 Å². The fourth-order valence-electron chi connectivity index (χ4n) is 3.83. The lowest BCUT2D eigenvalue weighted by molar-refractivity contribution is -0.143. The van der Waals surface area contributed by atoms with Gasteiger partial charge in [-0.3, -0.25) is 4.90 Å². The highest BCUT2D eigenvalue weighted by atomic mass is 32.2. The van der Waals surface area contributed by atoms with Crippen LogP contribution in [0.25, 0.3) is 0 Å². The fourth-order valence-corrected chi connectivity index (χ4v) is 5.16. The standard InChI is InChI=1S/C25H26F3N3O3S/c1-4-6-18(5-2)23(25(26,27)28)30-24(32)29-21-9-11-22(12-10-21)35(33,34)16-17-7-8-19-14-31(3)15-20(19)13-17/h4-13,23H,1-2,14-16H2,3H3,(H2,29,30,32)/b18-6+. The average molecular weight is 506 g/mol. The van der Waals surface area contributed by atoms with E-state index >= 15 is 0 Å². The molecule has 2 aromatic carbocycles. The number of carbonyl (C=O) groups excluding carboxylic acids is 1. The van der Waals surface area contributed by atoms with Crippen molar-refractivity contribution in [2.24, 2.45) is 0 Å². The Kier molecular flexibility index (Phi) is 7.86. The molecule has 0 radical (unpaired) electrons. The van der Waals surface area contributed by atoms with Gasteiger partial charge in [-0.15, -0.1) is 0 Å². The zero-order valence-electron chi connectivity index (χ0n) is 19.1. The Hall–Kier alpha value is -3.37. The minimum Gasteiger partial charge on any atom is -0.322 e. The topological polar surface area (TPSA) is 78.5 Å². The molecule has 35 heavy (non-hydrogen) atoms. The molecule has 2 N–H and O–H groups in total. The largest absolute Gasteiger partial charge is 0.412 e. The van der Waals surface area contributed by atoms with Crippen molar-refractivity contribution < 1.29 is 26.4 Å². The number of halogens is 3. The number of hydrogen-bond donors (Lipinski definition) is 2. The lowest BCUT2D eigenvalue weighted by Crippen LogP contribution is -2.48. The monoisotopic (exact) mass is 505 g/mol. The van der Waals surface area contributed by atoms with Crippen molar-refractivity contribution in [2.45, 2.75) is 36.0 Å². The zero-order chi connectivity index (χ0) is 25.8. The number of benzene rings is 2. The van der Waals surface area contributed by atoms with E-state index < -0.39 is 28.1 Å². The van der Waals surface area contributed by atoms with Gasteiger partial charge in [-0.25, -0.2) is 13.2 Å². The number of carbonyl (C=O) groups is 1. The molecule has 6 nitrogen and oxygen atoms in total. The number of urea groups is 1. The van der Waals surface area contributed by atoms with E-state index in [0.717, 1.165) is 36.9 Å². The first-order valence-corrected chi connectivity index (χ1v) is 12.3. The van der Waals surface area contributed by atoms with Crippen molar-refractivity contribution in [3.8, 4) is 0 Å². The third-order valence-electron chi connectivity index (χ3n) is 5.46. The molecule has 1 aliphatic rings. The van der Waals surface area contributed by atoms with Crippen molar-refractivity contribution in [3.05, 3.63) is 96.1 Å². The van der Waals surface area contributed by atoms with Crippen LogP contribution in [0, 0.1) is 0 Å². The van der Waals surface area contributed by atoms with E-state index in [1.807, 2.05) is 24.5 Å². The van der Waals surface area contributed by atoms with Gasteiger partial charge in [0.15, 0.2) is 15.9 Å². The van der Waals surface area contributed by atoms with Gasteiger partial charge in [0.2, 0.25) is 0 Å². The minimum absolute atomic E-state index is 0.0390. The van der Waals surface area contributed by atoms with Crippen LogP contribution in [0.5, 0.6) is 0 Å². The Labute approximate surface area is 202 Å². The third kappa shape index (κ3) is 6.61. The highest BCUT2D eigenvalue weighted by Gasteiger charge is 2.42. The molecule has 3 rings (SSSR count). The number of fused-ring (bicyclic) bond motifs is 1. The SMILES string of the molecule is C=C/C=C(\C=C)C(NC(=O)Nc1ccc(S(=O)(=O)Cc2ccc3c(c2)CN(C)C3)cc1)C(F)(F)F. The van der Waals surface area contributed by atoms with Crippen LogP contribution in [0.4, 0.5) is 23.7 Å². The van der Waals surface area contributed by atoms with Crippen LogP contribution >= 0.6 is 0 Å². The summed E-state index contributed by atoms with van der Waals surface area (Å²) in [7, 11) is -1.68. The Balaban J connectivity index is 1.68. The molecular formula is C25H26F3N3O3S. The maximum absolute atomic E-state index is 13.4. The summed E-state index contributed by atoms with van der Waals surface area (Å²) in [5, 5.41) is 4.15. The van der Waals surface area contributed by atoms with E-state index in [0.29, 0.717) is 5.56 Å². The Morgan fingerprint density at radius 1 is 1.11 bits per heavy atom. The van der Waals surface area contributed by atoms with Crippen molar-refractivity contribution in [2.75, 3.05) is 12.4 Å². The van der Waals surface area contributed by atoms with Crippen LogP contribution in [0.2, 0.25) is 0 Å². The van der Waals surface area contributed by atoms with Gasteiger partial charge < -0.3 is 10.6 Å². The fraction of sp³-hybridized carbons (Fsp3) is 0.240. The first-order valence-electron chi connectivity index (χ1n) is 10.6. The number of allylic oxidation sites excluding steroid dienone is 2. The number of anilines is 1. The van der Waals surface area contributed by atoms with E-state index in [2.05, 4.69) is 23.4 Å². The molecule has 1 atom stereocenters. The van der Waals surface area contributed by atoms with Gasteiger partial charge >= 0.3 is 12.2 Å². The molecule has 1 heterocycles. The lowest BCUT2D eigenvalue weighted by atomic mass is 10.1. The lowest BCUT2D eigenvalue weighted by Gasteiger charge is -2.23. The summed E-state index contributed by atoms with van der Waals surface area (Å²) in [6.45, 7) is 8.29. The molecule has 2 aromatic rings. The van der Waals surface area contributed by atoms with Crippen LogP contribution in [0.1, 0.15) is 16.7 Å². The first-order chi connectivity index (χ1) is 16.4. The Morgan fingerprint density at radius 2 is 1.77 bits per heavy atom. The van der Waals surface area contributed by atoms with Crippen LogP contribution < -0.4 is 10.6 Å². The zero-order valence-corrected chi connectivity index (χ0v) is 19.9. The van der Waals surface area contributed by atoms with Gasteiger partial charge in [-0.05, 0) is 53.6 Å². The first kappa shape index (κ1) is 26.2. The molecule has 0 spiro atoms. The summed E-state index contributed by atoms with van der Waals surface area (Å²) < 4.78 is 65.9. The maximum atomic E-state index is 13.4. The predicted molar refractivity (Wildman–Crippen MR) is 129 cm³/mol. The molecule has 0 bridgehead atoms. The van der Waals surface area contributed by atoms with Crippen molar-refractivity contribution >= 4 is 21.6 Å². The highest BCUT2D eigenvalue weighted by Crippen LogP contribution is 2.27. The number of rotatable bonds is 8. The molecule has 10 heteroatoms. The molecule has 0 saturated carbocycles. The van der Waals surface area contributed by atoms with E-state index in [4.69, 9.17) is 0 Å². The van der Waals surface area contributed by atoms with Crippen molar-refractivity contribution in [3.63, 3.8) is 0 Å². The third-order valence-corrected chi connectivity index (χ3v) is 7.17. The second-order valence-electron chi connectivity index (χ2n) is 8.24. The van der Waals surface area contributed by atoms with Crippen molar-refractivity contribution in [1.29, 1.82) is 0 Å². The van der Waals surface area contributed by atoms with Crippen molar-refractivity contribution in [1.82, 2.24) is 10.2 Å². The van der Waals surface area contributed by atoms with Crippen LogP contribution in [0.15, 0.2) is 84.3 Å². The molecule has 0 saturated heterocycles. The summed E-state index contributed by atoms with van der Waals surface area (Å²) in [4.78, 5) is 14.4.